The van der Waals surface area contributed by atoms with Crippen LogP contribution in [0.15, 0.2) is 30.5 Å². The van der Waals surface area contributed by atoms with Crippen molar-refractivity contribution in [3.8, 4) is 0 Å². The van der Waals surface area contributed by atoms with E-state index in [-0.39, 0.29) is 0 Å². The second kappa shape index (κ2) is 5.76. The van der Waals surface area contributed by atoms with Crippen LogP contribution >= 0.6 is 0 Å². The molecule has 1 fully saturated rings. The highest BCUT2D eigenvalue weighted by atomic mass is 14.9. The van der Waals surface area contributed by atoms with E-state index in [1.807, 2.05) is 0 Å². The maximum absolute atomic E-state index is 3.64. The molecule has 1 aromatic heterocycles. The van der Waals surface area contributed by atoms with Gasteiger partial charge in [-0.1, -0.05) is 12.1 Å². The molecule has 3 rings (SSSR count). The van der Waals surface area contributed by atoms with Gasteiger partial charge in [0, 0.05) is 30.7 Å². The lowest BCUT2D eigenvalue weighted by molar-refractivity contribution is 0.356. The molecule has 3 nitrogen and oxygen atoms in total. The molecular weight excluding hydrogens is 234 g/mol. The molecule has 0 bridgehead atoms. The second-order valence-electron chi connectivity index (χ2n) is 5.60. The SMILES string of the molecule is Cn1ccc2c(CNCC3CCNCC3)cccc21. The van der Waals surface area contributed by atoms with Crippen LogP contribution in [-0.4, -0.2) is 24.2 Å². The zero-order valence-electron chi connectivity index (χ0n) is 11.7. The van der Waals surface area contributed by atoms with Gasteiger partial charge in [0.05, 0.1) is 0 Å². The molecule has 1 aliphatic heterocycles. The number of hydrogen-bond donors (Lipinski definition) is 2. The lowest BCUT2D eigenvalue weighted by atomic mass is 9.98. The molecule has 0 spiro atoms. The van der Waals surface area contributed by atoms with Crippen molar-refractivity contribution >= 4 is 10.9 Å². The molecule has 1 aliphatic rings. The highest BCUT2D eigenvalue weighted by Crippen LogP contribution is 2.19. The van der Waals surface area contributed by atoms with Gasteiger partial charge in [0.15, 0.2) is 0 Å². The smallest absolute Gasteiger partial charge is 0.0480 e. The summed E-state index contributed by atoms with van der Waals surface area (Å²) in [6.07, 6.45) is 4.76. The summed E-state index contributed by atoms with van der Waals surface area (Å²) in [4.78, 5) is 0. The van der Waals surface area contributed by atoms with Gasteiger partial charge in [0.25, 0.3) is 0 Å². The molecule has 0 amide bonds. The Bertz CT molecular complexity index is 538. The highest BCUT2D eigenvalue weighted by Gasteiger charge is 2.12. The fourth-order valence-corrected chi connectivity index (χ4v) is 3.02. The van der Waals surface area contributed by atoms with Crippen LogP contribution in [0.3, 0.4) is 0 Å². The predicted octanol–water partition coefficient (Wildman–Crippen LogP) is 2.27. The average Bonchev–Trinajstić information content (AvgIpc) is 2.83. The second-order valence-corrected chi connectivity index (χ2v) is 5.60. The number of fused-ring (bicyclic) bond motifs is 1. The summed E-state index contributed by atoms with van der Waals surface area (Å²) in [7, 11) is 2.11. The van der Waals surface area contributed by atoms with E-state index in [1.165, 1.54) is 42.4 Å². The molecule has 3 heteroatoms. The molecule has 0 unspecified atom stereocenters. The van der Waals surface area contributed by atoms with Crippen molar-refractivity contribution in [2.75, 3.05) is 19.6 Å². The van der Waals surface area contributed by atoms with Gasteiger partial charge < -0.3 is 15.2 Å². The molecule has 1 saturated heterocycles. The van der Waals surface area contributed by atoms with E-state index in [0.717, 1.165) is 19.0 Å². The average molecular weight is 257 g/mol. The summed E-state index contributed by atoms with van der Waals surface area (Å²) >= 11 is 0. The van der Waals surface area contributed by atoms with E-state index in [0.29, 0.717) is 0 Å². The van der Waals surface area contributed by atoms with Crippen molar-refractivity contribution in [2.45, 2.75) is 19.4 Å². The number of nitrogens with one attached hydrogen (secondary N) is 2. The molecule has 2 heterocycles. The fraction of sp³-hybridized carbons (Fsp3) is 0.500. The van der Waals surface area contributed by atoms with Crippen LogP contribution in [0.25, 0.3) is 10.9 Å². The largest absolute Gasteiger partial charge is 0.351 e. The Morgan fingerprint density at radius 2 is 2.11 bits per heavy atom. The fourth-order valence-electron chi connectivity index (χ4n) is 3.02. The highest BCUT2D eigenvalue weighted by molar-refractivity contribution is 5.83. The van der Waals surface area contributed by atoms with Crippen LogP contribution < -0.4 is 10.6 Å². The van der Waals surface area contributed by atoms with E-state index in [4.69, 9.17) is 0 Å². The molecule has 2 aromatic rings. The predicted molar refractivity (Wildman–Crippen MR) is 80.2 cm³/mol. The van der Waals surface area contributed by atoms with Crippen LogP contribution in [0, 0.1) is 5.92 Å². The molecule has 0 saturated carbocycles. The number of aryl methyl sites for hydroxylation is 1. The van der Waals surface area contributed by atoms with Gasteiger partial charge in [-0.25, -0.2) is 0 Å². The van der Waals surface area contributed by atoms with E-state index >= 15 is 0 Å². The normalized spacial score (nSPS) is 17.1. The molecule has 2 N–H and O–H groups in total. The van der Waals surface area contributed by atoms with Gasteiger partial charge in [-0.3, -0.25) is 0 Å². The number of rotatable bonds is 4. The molecular formula is C16H23N3. The van der Waals surface area contributed by atoms with E-state index in [1.54, 1.807) is 0 Å². The summed E-state index contributed by atoms with van der Waals surface area (Å²) in [6.45, 7) is 4.48. The lowest BCUT2D eigenvalue weighted by Crippen LogP contribution is -2.33. The van der Waals surface area contributed by atoms with Crippen molar-refractivity contribution in [1.82, 2.24) is 15.2 Å². The molecule has 1 aromatic carbocycles. The van der Waals surface area contributed by atoms with Gasteiger partial charge in [-0.2, -0.15) is 0 Å². The monoisotopic (exact) mass is 257 g/mol. The number of piperidine rings is 1. The zero-order valence-corrected chi connectivity index (χ0v) is 11.7. The first-order chi connectivity index (χ1) is 9.34. The summed E-state index contributed by atoms with van der Waals surface area (Å²) in [5.74, 6) is 0.844. The van der Waals surface area contributed by atoms with Gasteiger partial charge in [-0.05, 0) is 56.1 Å². The van der Waals surface area contributed by atoms with Gasteiger partial charge in [0.1, 0.15) is 0 Å². The number of aromatic nitrogens is 1. The van der Waals surface area contributed by atoms with Crippen molar-refractivity contribution in [3.63, 3.8) is 0 Å². The summed E-state index contributed by atoms with van der Waals surface area (Å²) < 4.78 is 2.19. The summed E-state index contributed by atoms with van der Waals surface area (Å²) in [5.41, 5.74) is 2.73. The van der Waals surface area contributed by atoms with Crippen molar-refractivity contribution in [3.05, 3.63) is 36.0 Å². The minimum atomic E-state index is 0.844. The Hall–Kier alpha value is -1.32. The standard InChI is InChI=1S/C16H23N3/c1-19-10-7-15-14(3-2-4-16(15)19)12-18-11-13-5-8-17-9-6-13/h2-4,7,10,13,17-18H,5-6,8-9,11-12H2,1H3. The van der Waals surface area contributed by atoms with Crippen molar-refractivity contribution < 1.29 is 0 Å². The maximum atomic E-state index is 3.64. The van der Waals surface area contributed by atoms with Gasteiger partial charge in [-0.15, -0.1) is 0 Å². The molecule has 102 valence electrons. The van der Waals surface area contributed by atoms with Crippen molar-refractivity contribution in [2.24, 2.45) is 13.0 Å². The van der Waals surface area contributed by atoms with Gasteiger partial charge >= 0.3 is 0 Å². The van der Waals surface area contributed by atoms with Crippen LogP contribution in [-0.2, 0) is 13.6 Å². The first kappa shape index (κ1) is 12.7. The number of nitrogens with zero attached hydrogens (tertiary/aromatic N) is 1. The van der Waals surface area contributed by atoms with Crippen molar-refractivity contribution in [1.29, 1.82) is 0 Å². The maximum Gasteiger partial charge on any atom is 0.0480 e. The third-order valence-electron chi connectivity index (χ3n) is 4.23. The van der Waals surface area contributed by atoms with Gasteiger partial charge in [0.2, 0.25) is 0 Å². The number of hydrogen-bond acceptors (Lipinski definition) is 2. The Labute approximate surface area is 115 Å². The van der Waals surface area contributed by atoms with E-state index < -0.39 is 0 Å². The van der Waals surface area contributed by atoms with Crippen LogP contribution in [0.5, 0.6) is 0 Å². The Kier molecular flexibility index (Phi) is 3.85. The summed E-state index contributed by atoms with van der Waals surface area (Å²) in [5, 5.41) is 8.43. The minimum Gasteiger partial charge on any atom is -0.351 e. The quantitative estimate of drug-likeness (QED) is 0.880. The van der Waals surface area contributed by atoms with Crippen LogP contribution in [0.1, 0.15) is 18.4 Å². The summed E-state index contributed by atoms with van der Waals surface area (Å²) in [6, 6.07) is 8.80. The van der Waals surface area contributed by atoms with E-state index in [2.05, 4.69) is 52.7 Å². The third kappa shape index (κ3) is 2.82. The first-order valence-corrected chi connectivity index (χ1v) is 7.29. The molecule has 0 atom stereocenters. The van der Waals surface area contributed by atoms with E-state index in [9.17, 15) is 0 Å². The Balaban J connectivity index is 1.62. The molecule has 0 aliphatic carbocycles. The first-order valence-electron chi connectivity index (χ1n) is 7.29. The third-order valence-corrected chi connectivity index (χ3v) is 4.23. The molecule has 0 radical (unpaired) electrons. The topological polar surface area (TPSA) is 29.0 Å². The number of benzene rings is 1. The minimum absolute atomic E-state index is 0.844. The van der Waals surface area contributed by atoms with Crippen LogP contribution in [0.4, 0.5) is 0 Å². The van der Waals surface area contributed by atoms with Crippen LogP contribution in [0.2, 0.25) is 0 Å². The Morgan fingerprint density at radius 1 is 1.26 bits per heavy atom. The Morgan fingerprint density at radius 3 is 2.95 bits per heavy atom. The molecule has 19 heavy (non-hydrogen) atoms. The lowest BCUT2D eigenvalue weighted by Gasteiger charge is -2.22. The zero-order chi connectivity index (χ0) is 13.1.